The minimum absolute atomic E-state index is 0.0885. The van der Waals surface area contributed by atoms with E-state index in [2.05, 4.69) is 21.2 Å². The molecule has 0 spiro atoms. The van der Waals surface area contributed by atoms with E-state index in [-0.39, 0.29) is 17.8 Å². The van der Waals surface area contributed by atoms with Gasteiger partial charge in [-0.3, -0.25) is 4.79 Å². The maximum absolute atomic E-state index is 12.8. The molecule has 3 nitrogen and oxygen atoms in total. The van der Waals surface area contributed by atoms with E-state index in [1.165, 1.54) is 18.2 Å². The van der Waals surface area contributed by atoms with Gasteiger partial charge in [-0.1, -0.05) is 0 Å². The Morgan fingerprint density at radius 3 is 2.88 bits per heavy atom. The number of nitrogens with one attached hydrogen (secondary N) is 1. The van der Waals surface area contributed by atoms with Crippen LogP contribution in [0, 0.1) is 5.82 Å². The summed E-state index contributed by atoms with van der Waals surface area (Å²) in [4.78, 5) is 11.7. The maximum Gasteiger partial charge on any atom is 0.252 e. The van der Waals surface area contributed by atoms with Crippen molar-refractivity contribution < 1.29 is 13.9 Å². The van der Waals surface area contributed by atoms with E-state index in [0.717, 1.165) is 0 Å². The molecule has 1 unspecified atom stereocenters. The fourth-order valence-electron chi connectivity index (χ4n) is 1.27. The molecule has 0 aliphatic carbocycles. The van der Waals surface area contributed by atoms with Gasteiger partial charge < -0.3 is 10.1 Å². The number of benzene rings is 1. The first-order chi connectivity index (χ1) is 7.54. The fraction of sp³-hybridized carbons (Fsp3) is 0.364. The van der Waals surface area contributed by atoms with Gasteiger partial charge >= 0.3 is 0 Å². The summed E-state index contributed by atoms with van der Waals surface area (Å²) in [5.74, 6) is -0.634. The number of hydrogen-bond donors (Lipinski definition) is 1. The molecule has 16 heavy (non-hydrogen) atoms. The zero-order chi connectivity index (χ0) is 12.1. The molecular formula is C11H13BrFNO2. The van der Waals surface area contributed by atoms with E-state index >= 15 is 0 Å². The Hall–Kier alpha value is -0.940. The number of carbonyl (C=O) groups is 1. The molecule has 0 aliphatic heterocycles. The zero-order valence-electron chi connectivity index (χ0n) is 9.09. The van der Waals surface area contributed by atoms with Crippen molar-refractivity contribution in [3.05, 3.63) is 34.1 Å². The van der Waals surface area contributed by atoms with Crippen LogP contribution in [0.3, 0.4) is 0 Å². The molecule has 5 heteroatoms. The number of rotatable bonds is 4. The first-order valence-corrected chi connectivity index (χ1v) is 5.58. The highest BCUT2D eigenvalue weighted by Gasteiger charge is 2.12. The van der Waals surface area contributed by atoms with Gasteiger partial charge in [0.05, 0.1) is 12.2 Å². The van der Waals surface area contributed by atoms with Gasteiger partial charge in [0.25, 0.3) is 5.91 Å². The van der Waals surface area contributed by atoms with Crippen molar-refractivity contribution in [1.29, 1.82) is 0 Å². The third-order valence-electron chi connectivity index (χ3n) is 1.97. The van der Waals surface area contributed by atoms with E-state index in [0.29, 0.717) is 16.6 Å². The quantitative estimate of drug-likeness (QED) is 0.924. The summed E-state index contributed by atoms with van der Waals surface area (Å²) in [6, 6.07) is 3.86. The van der Waals surface area contributed by atoms with Crippen molar-refractivity contribution in [2.75, 3.05) is 13.7 Å². The third-order valence-corrected chi connectivity index (χ3v) is 2.63. The van der Waals surface area contributed by atoms with Crippen LogP contribution in [-0.4, -0.2) is 25.7 Å². The Bertz CT molecular complexity index is 384. The average Bonchev–Trinajstić information content (AvgIpc) is 2.17. The highest BCUT2D eigenvalue weighted by molar-refractivity contribution is 9.10. The van der Waals surface area contributed by atoms with Gasteiger partial charge in [0.2, 0.25) is 0 Å². The summed E-state index contributed by atoms with van der Waals surface area (Å²) in [5.41, 5.74) is 0.407. The van der Waals surface area contributed by atoms with Crippen molar-refractivity contribution in [2.45, 2.75) is 13.0 Å². The summed E-state index contributed by atoms with van der Waals surface area (Å²) < 4.78 is 18.2. The topological polar surface area (TPSA) is 38.3 Å². The van der Waals surface area contributed by atoms with Crippen molar-refractivity contribution in [3.8, 4) is 0 Å². The molecule has 1 aromatic rings. The van der Waals surface area contributed by atoms with Gasteiger partial charge in [0.1, 0.15) is 5.82 Å². The Morgan fingerprint density at radius 1 is 1.62 bits per heavy atom. The fourth-order valence-corrected chi connectivity index (χ4v) is 1.80. The van der Waals surface area contributed by atoms with Crippen molar-refractivity contribution >= 4 is 21.8 Å². The Morgan fingerprint density at radius 2 is 2.31 bits per heavy atom. The normalized spacial score (nSPS) is 12.2. The van der Waals surface area contributed by atoms with Crippen LogP contribution in [0.15, 0.2) is 22.7 Å². The van der Waals surface area contributed by atoms with Crippen LogP contribution in [0.2, 0.25) is 0 Å². The second-order valence-electron chi connectivity index (χ2n) is 3.45. The lowest BCUT2D eigenvalue weighted by atomic mass is 10.2. The third kappa shape index (κ3) is 3.57. The molecule has 1 rings (SSSR count). The van der Waals surface area contributed by atoms with Crippen LogP contribution < -0.4 is 5.32 Å². The second-order valence-corrected chi connectivity index (χ2v) is 4.31. The van der Waals surface area contributed by atoms with Gasteiger partial charge in [0.15, 0.2) is 0 Å². The van der Waals surface area contributed by atoms with Crippen molar-refractivity contribution in [2.24, 2.45) is 0 Å². The molecule has 0 aliphatic rings. The molecule has 0 saturated heterocycles. The zero-order valence-corrected chi connectivity index (χ0v) is 10.7. The van der Waals surface area contributed by atoms with Crippen LogP contribution >= 0.6 is 15.9 Å². The summed E-state index contributed by atoms with van der Waals surface area (Å²) in [6.07, 6.45) is 0. The smallest absolute Gasteiger partial charge is 0.252 e. The van der Waals surface area contributed by atoms with E-state index in [4.69, 9.17) is 4.74 Å². The highest BCUT2D eigenvalue weighted by atomic mass is 79.9. The Labute approximate surface area is 102 Å². The number of methoxy groups -OCH3 is 1. The summed E-state index contributed by atoms with van der Waals surface area (Å²) >= 11 is 3.14. The highest BCUT2D eigenvalue weighted by Crippen LogP contribution is 2.17. The van der Waals surface area contributed by atoms with Crippen LogP contribution in [0.4, 0.5) is 4.39 Å². The van der Waals surface area contributed by atoms with Gasteiger partial charge in [-0.15, -0.1) is 0 Å². The summed E-state index contributed by atoms with van der Waals surface area (Å²) in [7, 11) is 1.57. The number of halogens is 2. The van der Waals surface area contributed by atoms with Crippen LogP contribution in [-0.2, 0) is 4.74 Å². The van der Waals surface area contributed by atoms with E-state index in [1.807, 2.05) is 6.92 Å². The van der Waals surface area contributed by atoms with Crippen LogP contribution in [0.1, 0.15) is 17.3 Å². The molecule has 0 radical (unpaired) electrons. The standard InChI is InChI=1S/C11H13BrFNO2/c1-7(6-16-2)14-11(15)9-4-3-8(13)5-10(9)12/h3-5,7H,6H2,1-2H3,(H,14,15). The number of amides is 1. The van der Waals surface area contributed by atoms with Gasteiger partial charge in [-0.2, -0.15) is 0 Å². The molecule has 1 amide bonds. The number of hydrogen-bond acceptors (Lipinski definition) is 2. The lowest BCUT2D eigenvalue weighted by molar-refractivity contribution is 0.0905. The Balaban J connectivity index is 2.73. The first-order valence-electron chi connectivity index (χ1n) is 4.79. The molecule has 0 bridgehead atoms. The largest absolute Gasteiger partial charge is 0.383 e. The lowest BCUT2D eigenvalue weighted by Gasteiger charge is -2.13. The predicted octanol–water partition coefficient (Wildman–Crippen LogP) is 2.35. The SMILES string of the molecule is COCC(C)NC(=O)c1ccc(F)cc1Br. The molecular weight excluding hydrogens is 277 g/mol. The monoisotopic (exact) mass is 289 g/mol. The molecule has 1 aromatic carbocycles. The van der Waals surface area contributed by atoms with Crippen molar-refractivity contribution in [1.82, 2.24) is 5.32 Å². The molecule has 88 valence electrons. The van der Waals surface area contributed by atoms with Gasteiger partial charge in [0, 0.05) is 17.6 Å². The Kier molecular flexibility index (Phi) is 4.89. The molecule has 0 heterocycles. The minimum atomic E-state index is -0.381. The predicted molar refractivity (Wildman–Crippen MR) is 62.9 cm³/mol. The first kappa shape index (κ1) is 13.1. The number of carbonyl (C=O) groups excluding carboxylic acids is 1. The van der Waals surface area contributed by atoms with E-state index in [1.54, 1.807) is 7.11 Å². The molecule has 1 atom stereocenters. The van der Waals surface area contributed by atoms with Gasteiger partial charge in [-0.25, -0.2) is 4.39 Å². The van der Waals surface area contributed by atoms with Crippen molar-refractivity contribution in [3.63, 3.8) is 0 Å². The maximum atomic E-state index is 12.8. The molecule has 0 saturated carbocycles. The second kappa shape index (κ2) is 5.96. The van der Waals surface area contributed by atoms with E-state index in [9.17, 15) is 9.18 Å². The van der Waals surface area contributed by atoms with Gasteiger partial charge in [-0.05, 0) is 41.1 Å². The molecule has 1 N–H and O–H groups in total. The summed E-state index contributed by atoms with van der Waals surface area (Å²) in [6.45, 7) is 2.27. The van der Waals surface area contributed by atoms with E-state index < -0.39 is 0 Å². The van der Waals surface area contributed by atoms with Crippen LogP contribution in [0.5, 0.6) is 0 Å². The average molecular weight is 290 g/mol. The number of ether oxygens (including phenoxy) is 1. The van der Waals surface area contributed by atoms with Crippen LogP contribution in [0.25, 0.3) is 0 Å². The molecule has 0 aromatic heterocycles. The minimum Gasteiger partial charge on any atom is -0.383 e. The lowest BCUT2D eigenvalue weighted by Crippen LogP contribution is -2.35. The molecule has 0 fully saturated rings. The summed E-state index contributed by atoms with van der Waals surface area (Å²) in [5, 5.41) is 2.74.